The largest absolute Gasteiger partial charge is 0.326 e. The van der Waals surface area contributed by atoms with Crippen LogP contribution in [-0.2, 0) is 4.79 Å². The summed E-state index contributed by atoms with van der Waals surface area (Å²) in [5, 5.41) is 5.71. The van der Waals surface area contributed by atoms with Crippen LogP contribution in [0.4, 0.5) is 20.6 Å². The molecule has 2 aromatic rings. The van der Waals surface area contributed by atoms with Gasteiger partial charge < -0.3 is 15.5 Å². The van der Waals surface area contributed by atoms with Gasteiger partial charge in [-0.1, -0.05) is 18.2 Å². The average molecular weight is 367 g/mol. The van der Waals surface area contributed by atoms with Gasteiger partial charge in [0.15, 0.2) is 0 Å². The van der Waals surface area contributed by atoms with Gasteiger partial charge in [-0.15, -0.1) is 0 Å². The topological polar surface area (TPSA) is 61.4 Å². The van der Waals surface area contributed by atoms with Crippen LogP contribution in [-0.4, -0.2) is 29.9 Å². The van der Waals surface area contributed by atoms with E-state index in [1.165, 1.54) is 12.1 Å². The van der Waals surface area contributed by atoms with Crippen molar-refractivity contribution in [3.05, 3.63) is 59.9 Å². The quantitative estimate of drug-likeness (QED) is 0.861. The maximum Gasteiger partial charge on any atom is 0.321 e. The third-order valence-corrected chi connectivity index (χ3v) is 5.54. The van der Waals surface area contributed by atoms with E-state index in [1.54, 1.807) is 17.0 Å². The number of aryl methyl sites for hydroxylation is 1. The summed E-state index contributed by atoms with van der Waals surface area (Å²) in [5.41, 5.74) is 2.19. The van der Waals surface area contributed by atoms with Crippen molar-refractivity contribution in [3.63, 3.8) is 0 Å². The van der Waals surface area contributed by atoms with Gasteiger partial charge >= 0.3 is 6.03 Å². The van der Waals surface area contributed by atoms with Crippen LogP contribution in [0, 0.1) is 24.1 Å². The van der Waals surface area contributed by atoms with Crippen molar-refractivity contribution >= 4 is 23.3 Å². The summed E-state index contributed by atoms with van der Waals surface area (Å²) < 4.78 is 13.3. The SMILES string of the molecule is Cc1cccc(NC(=O)N2CC[C@@]3(C[C@H]3C(=O)Nc3cccc(F)c3)C2)c1. The molecule has 1 aliphatic heterocycles. The minimum absolute atomic E-state index is 0.0958. The molecule has 6 heteroatoms. The van der Waals surface area contributed by atoms with Crippen LogP contribution in [0.5, 0.6) is 0 Å². The molecule has 1 aliphatic carbocycles. The number of carbonyl (C=O) groups excluding carboxylic acids is 2. The Balaban J connectivity index is 1.34. The van der Waals surface area contributed by atoms with E-state index in [4.69, 9.17) is 0 Å². The number of hydrogen-bond donors (Lipinski definition) is 2. The van der Waals surface area contributed by atoms with E-state index >= 15 is 0 Å². The molecule has 1 saturated heterocycles. The van der Waals surface area contributed by atoms with Crippen LogP contribution in [0.3, 0.4) is 0 Å². The number of likely N-dealkylation sites (tertiary alicyclic amines) is 1. The molecule has 5 nitrogen and oxygen atoms in total. The minimum Gasteiger partial charge on any atom is -0.326 e. The Morgan fingerprint density at radius 1 is 1.11 bits per heavy atom. The van der Waals surface area contributed by atoms with Gasteiger partial charge in [0.05, 0.1) is 0 Å². The molecular weight excluding hydrogens is 345 g/mol. The van der Waals surface area contributed by atoms with Gasteiger partial charge in [-0.3, -0.25) is 4.79 Å². The zero-order valence-corrected chi connectivity index (χ0v) is 15.2. The smallest absolute Gasteiger partial charge is 0.321 e. The lowest BCUT2D eigenvalue weighted by molar-refractivity contribution is -0.118. The molecule has 1 spiro atoms. The molecule has 2 aromatic carbocycles. The normalized spacial score (nSPS) is 23.3. The van der Waals surface area contributed by atoms with E-state index in [0.717, 1.165) is 24.1 Å². The molecule has 2 aliphatic rings. The van der Waals surface area contributed by atoms with E-state index in [2.05, 4.69) is 10.6 Å². The van der Waals surface area contributed by atoms with E-state index in [-0.39, 0.29) is 29.1 Å². The predicted molar refractivity (Wildman–Crippen MR) is 102 cm³/mol. The van der Waals surface area contributed by atoms with Crippen LogP contribution in [0.1, 0.15) is 18.4 Å². The standard InChI is InChI=1S/C21H22FN3O2/c1-14-4-2-6-16(10-14)24-20(27)25-9-8-21(13-25)12-18(21)19(26)23-17-7-3-5-15(22)11-17/h2-7,10-11,18H,8-9,12-13H2,1H3,(H,23,26)(H,24,27)/t18-,21+/m0/s1. The second kappa shape index (κ2) is 6.68. The van der Waals surface area contributed by atoms with Crippen LogP contribution in [0.2, 0.25) is 0 Å². The third-order valence-electron chi connectivity index (χ3n) is 5.54. The van der Waals surface area contributed by atoms with Crippen LogP contribution in [0.25, 0.3) is 0 Å². The molecule has 2 fully saturated rings. The molecular formula is C21H22FN3O2. The molecule has 3 amide bonds. The monoisotopic (exact) mass is 367 g/mol. The Hall–Kier alpha value is -2.89. The van der Waals surface area contributed by atoms with Gasteiger partial charge in [-0.25, -0.2) is 9.18 Å². The van der Waals surface area contributed by atoms with Gasteiger partial charge in [0, 0.05) is 35.8 Å². The zero-order valence-electron chi connectivity index (χ0n) is 15.2. The molecule has 2 N–H and O–H groups in total. The van der Waals surface area contributed by atoms with Crippen LogP contribution >= 0.6 is 0 Å². The van der Waals surface area contributed by atoms with Crippen molar-refractivity contribution in [3.8, 4) is 0 Å². The highest BCUT2D eigenvalue weighted by Crippen LogP contribution is 2.58. The maximum absolute atomic E-state index is 13.3. The minimum atomic E-state index is -0.377. The molecule has 2 atom stereocenters. The fourth-order valence-electron chi connectivity index (χ4n) is 3.96. The van der Waals surface area contributed by atoms with Gasteiger partial charge in [-0.2, -0.15) is 0 Å². The predicted octanol–water partition coefficient (Wildman–Crippen LogP) is 4.02. The molecule has 4 rings (SSSR count). The summed E-state index contributed by atoms with van der Waals surface area (Å²) in [5.74, 6) is -0.600. The van der Waals surface area contributed by atoms with Crippen molar-refractivity contribution in [2.24, 2.45) is 11.3 Å². The number of hydrogen-bond acceptors (Lipinski definition) is 2. The second-order valence-corrected chi connectivity index (χ2v) is 7.59. The van der Waals surface area contributed by atoms with E-state index < -0.39 is 0 Å². The van der Waals surface area contributed by atoms with Crippen molar-refractivity contribution in [1.82, 2.24) is 4.90 Å². The number of anilines is 2. The highest BCUT2D eigenvalue weighted by molar-refractivity contribution is 5.95. The summed E-state index contributed by atoms with van der Waals surface area (Å²) in [7, 11) is 0. The number of nitrogens with zero attached hydrogens (tertiary/aromatic N) is 1. The summed E-state index contributed by atoms with van der Waals surface area (Å²) in [6.45, 7) is 3.19. The highest BCUT2D eigenvalue weighted by atomic mass is 19.1. The summed E-state index contributed by atoms with van der Waals surface area (Å²) in [6.07, 6.45) is 1.58. The second-order valence-electron chi connectivity index (χ2n) is 7.59. The van der Waals surface area contributed by atoms with Crippen molar-refractivity contribution in [2.75, 3.05) is 23.7 Å². The Kier molecular flexibility index (Phi) is 4.34. The number of benzene rings is 2. The lowest BCUT2D eigenvalue weighted by atomic mass is 10.0. The first kappa shape index (κ1) is 17.5. The van der Waals surface area contributed by atoms with Crippen LogP contribution < -0.4 is 10.6 Å². The van der Waals surface area contributed by atoms with Gasteiger partial charge in [0.1, 0.15) is 5.82 Å². The molecule has 0 bridgehead atoms. The van der Waals surface area contributed by atoms with E-state index in [0.29, 0.717) is 18.8 Å². The van der Waals surface area contributed by atoms with Crippen LogP contribution in [0.15, 0.2) is 48.5 Å². The van der Waals surface area contributed by atoms with E-state index in [1.807, 2.05) is 31.2 Å². The Labute approximate surface area is 157 Å². The van der Waals surface area contributed by atoms with Crippen molar-refractivity contribution in [2.45, 2.75) is 19.8 Å². The number of nitrogens with one attached hydrogen (secondary N) is 2. The summed E-state index contributed by atoms with van der Waals surface area (Å²) in [4.78, 5) is 26.8. The zero-order chi connectivity index (χ0) is 19.0. The van der Waals surface area contributed by atoms with Gasteiger partial charge in [-0.05, 0) is 55.7 Å². The maximum atomic E-state index is 13.3. The first-order valence-electron chi connectivity index (χ1n) is 9.14. The first-order valence-corrected chi connectivity index (χ1v) is 9.14. The fourth-order valence-corrected chi connectivity index (χ4v) is 3.96. The number of halogens is 1. The lowest BCUT2D eigenvalue weighted by Gasteiger charge is -2.18. The third kappa shape index (κ3) is 3.65. The molecule has 0 unspecified atom stereocenters. The van der Waals surface area contributed by atoms with Gasteiger partial charge in [0.25, 0.3) is 0 Å². The van der Waals surface area contributed by atoms with Crippen molar-refractivity contribution in [1.29, 1.82) is 0 Å². The number of carbonyl (C=O) groups is 2. The molecule has 1 heterocycles. The molecule has 140 valence electrons. The molecule has 0 radical (unpaired) electrons. The number of urea groups is 1. The Morgan fingerprint density at radius 3 is 2.59 bits per heavy atom. The number of amides is 3. The molecule has 1 saturated carbocycles. The highest BCUT2D eigenvalue weighted by Gasteiger charge is 2.61. The van der Waals surface area contributed by atoms with E-state index in [9.17, 15) is 14.0 Å². The molecule has 0 aromatic heterocycles. The average Bonchev–Trinajstić information content (AvgIpc) is 3.15. The molecule has 27 heavy (non-hydrogen) atoms. The fraction of sp³-hybridized carbons (Fsp3) is 0.333. The van der Waals surface area contributed by atoms with Gasteiger partial charge in [0.2, 0.25) is 5.91 Å². The Morgan fingerprint density at radius 2 is 1.85 bits per heavy atom. The lowest BCUT2D eigenvalue weighted by Crippen LogP contribution is -2.33. The number of rotatable bonds is 3. The summed E-state index contributed by atoms with van der Waals surface area (Å²) >= 11 is 0. The van der Waals surface area contributed by atoms with Crippen molar-refractivity contribution < 1.29 is 14.0 Å². The first-order chi connectivity index (χ1) is 12.9. The Bertz CT molecular complexity index is 841. The summed E-state index contributed by atoms with van der Waals surface area (Å²) in [6, 6.07) is 13.4.